The lowest BCUT2D eigenvalue weighted by Gasteiger charge is -2.13. The van der Waals surface area contributed by atoms with Gasteiger partial charge in [-0.1, -0.05) is 32.0 Å². The summed E-state index contributed by atoms with van der Waals surface area (Å²) in [5.74, 6) is 1.03. The van der Waals surface area contributed by atoms with Crippen LogP contribution in [0.1, 0.15) is 25.3 Å². The van der Waals surface area contributed by atoms with E-state index in [2.05, 4.69) is 40.4 Å². The van der Waals surface area contributed by atoms with Crippen molar-refractivity contribution < 1.29 is 0 Å². The van der Waals surface area contributed by atoms with Crippen molar-refractivity contribution >= 4 is 23.1 Å². The van der Waals surface area contributed by atoms with Gasteiger partial charge in [-0.3, -0.25) is 0 Å². The standard InChI is InChI=1S/C12H13ClN4/c1-8(2)9-5-3-4-6-10(9)15-11-7-14-17-12(13)16-11/h3-8H,1-2H3,(H,15,16,17). The third kappa shape index (κ3) is 2.91. The number of nitrogens with zero attached hydrogens (tertiary/aromatic N) is 3. The predicted octanol–water partition coefficient (Wildman–Crippen LogP) is 3.39. The van der Waals surface area contributed by atoms with Crippen LogP contribution in [0.15, 0.2) is 30.5 Å². The zero-order chi connectivity index (χ0) is 12.3. The van der Waals surface area contributed by atoms with Crippen LogP contribution >= 0.6 is 11.6 Å². The first-order valence-electron chi connectivity index (χ1n) is 5.38. The molecule has 0 saturated heterocycles. The van der Waals surface area contributed by atoms with Crippen molar-refractivity contribution in [2.45, 2.75) is 19.8 Å². The fourth-order valence-corrected chi connectivity index (χ4v) is 1.73. The summed E-state index contributed by atoms with van der Waals surface area (Å²) in [4.78, 5) is 4.05. The molecule has 2 rings (SSSR count). The van der Waals surface area contributed by atoms with Gasteiger partial charge in [0, 0.05) is 5.69 Å². The third-order valence-electron chi connectivity index (χ3n) is 2.38. The zero-order valence-electron chi connectivity index (χ0n) is 9.68. The van der Waals surface area contributed by atoms with Crippen LogP contribution in [0.25, 0.3) is 0 Å². The molecule has 0 amide bonds. The smallest absolute Gasteiger partial charge is 0.244 e. The van der Waals surface area contributed by atoms with Crippen molar-refractivity contribution in [1.82, 2.24) is 15.2 Å². The van der Waals surface area contributed by atoms with Gasteiger partial charge in [0.2, 0.25) is 5.28 Å². The van der Waals surface area contributed by atoms with Gasteiger partial charge in [0.15, 0.2) is 5.82 Å². The summed E-state index contributed by atoms with van der Waals surface area (Å²) in [5.41, 5.74) is 2.24. The zero-order valence-corrected chi connectivity index (χ0v) is 10.4. The Kier molecular flexibility index (Phi) is 3.54. The molecule has 0 atom stereocenters. The fourth-order valence-electron chi connectivity index (χ4n) is 1.59. The summed E-state index contributed by atoms with van der Waals surface area (Å²) >= 11 is 5.69. The van der Waals surface area contributed by atoms with Gasteiger partial charge < -0.3 is 5.32 Å². The number of para-hydroxylation sites is 1. The number of hydrogen-bond donors (Lipinski definition) is 1. The third-order valence-corrected chi connectivity index (χ3v) is 2.54. The van der Waals surface area contributed by atoms with Crippen LogP contribution in [-0.2, 0) is 0 Å². The van der Waals surface area contributed by atoms with Gasteiger partial charge in [-0.15, -0.1) is 5.10 Å². The minimum atomic E-state index is 0.136. The number of aromatic nitrogens is 3. The van der Waals surface area contributed by atoms with Gasteiger partial charge in [0.05, 0.1) is 6.20 Å². The van der Waals surface area contributed by atoms with Gasteiger partial charge in [-0.05, 0) is 29.1 Å². The molecule has 0 spiro atoms. The Morgan fingerprint density at radius 2 is 2.00 bits per heavy atom. The predicted molar refractivity (Wildman–Crippen MR) is 68.7 cm³/mol. The lowest BCUT2D eigenvalue weighted by Crippen LogP contribution is -2.00. The molecule has 4 nitrogen and oxygen atoms in total. The maximum Gasteiger partial charge on any atom is 0.244 e. The van der Waals surface area contributed by atoms with E-state index in [1.807, 2.05) is 18.2 Å². The molecule has 88 valence electrons. The van der Waals surface area contributed by atoms with Gasteiger partial charge in [-0.2, -0.15) is 10.1 Å². The molecule has 5 heteroatoms. The second-order valence-corrected chi connectivity index (χ2v) is 4.32. The Hall–Kier alpha value is -1.68. The Morgan fingerprint density at radius 3 is 2.71 bits per heavy atom. The van der Waals surface area contributed by atoms with E-state index in [0.29, 0.717) is 11.7 Å². The van der Waals surface area contributed by atoms with Crippen LogP contribution in [0, 0.1) is 0 Å². The van der Waals surface area contributed by atoms with Crippen LogP contribution in [0.3, 0.4) is 0 Å². The molecule has 0 bridgehead atoms. The minimum Gasteiger partial charge on any atom is -0.339 e. The summed E-state index contributed by atoms with van der Waals surface area (Å²) < 4.78 is 0. The fraction of sp³-hybridized carbons (Fsp3) is 0.250. The summed E-state index contributed by atoms with van der Waals surface area (Å²) in [6.07, 6.45) is 1.54. The van der Waals surface area contributed by atoms with E-state index < -0.39 is 0 Å². The van der Waals surface area contributed by atoms with Gasteiger partial charge >= 0.3 is 0 Å². The molecule has 0 fully saturated rings. The van der Waals surface area contributed by atoms with Gasteiger partial charge in [0.1, 0.15) is 0 Å². The molecule has 0 radical (unpaired) electrons. The van der Waals surface area contributed by atoms with Gasteiger partial charge in [-0.25, -0.2) is 0 Å². The molecule has 0 unspecified atom stereocenters. The number of anilines is 2. The van der Waals surface area contributed by atoms with Crippen molar-refractivity contribution in [1.29, 1.82) is 0 Å². The lowest BCUT2D eigenvalue weighted by atomic mass is 10.0. The second-order valence-electron chi connectivity index (χ2n) is 3.98. The molecule has 0 aliphatic rings. The molecule has 0 aliphatic heterocycles. The van der Waals surface area contributed by atoms with E-state index in [1.165, 1.54) is 5.56 Å². The summed E-state index contributed by atoms with van der Waals surface area (Å²) in [6, 6.07) is 8.09. The van der Waals surface area contributed by atoms with Gasteiger partial charge in [0.25, 0.3) is 0 Å². The Labute approximate surface area is 105 Å². The molecular weight excluding hydrogens is 236 g/mol. The van der Waals surface area contributed by atoms with Crippen molar-refractivity contribution in [3.05, 3.63) is 41.3 Å². The second kappa shape index (κ2) is 5.10. The largest absolute Gasteiger partial charge is 0.339 e. The van der Waals surface area contributed by atoms with Crippen molar-refractivity contribution in [2.24, 2.45) is 0 Å². The number of halogens is 1. The van der Waals surface area contributed by atoms with E-state index in [4.69, 9.17) is 11.6 Å². The highest BCUT2D eigenvalue weighted by molar-refractivity contribution is 6.28. The highest BCUT2D eigenvalue weighted by Crippen LogP contribution is 2.25. The van der Waals surface area contributed by atoms with Crippen LogP contribution < -0.4 is 5.32 Å². The van der Waals surface area contributed by atoms with E-state index in [9.17, 15) is 0 Å². The Bertz CT molecular complexity index is 513. The van der Waals surface area contributed by atoms with E-state index in [1.54, 1.807) is 6.20 Å². The lowest BCUT2D eigenvalue weighted by molar-refractivity contribution is 0.868. The molecule has 17 heavy (non-hydrogen) atoms. The molecule has 2 aromatic rings. The number of rotatable bonds is 3. The van der Waals surface area contributed by atoms with E-state index >= 15 is 0 Å². The first-order valence-corrected chi connectivity index (χ1v) is 5.76. The van der Waals surface area contributed by atoms with Crippen LogP contribution in [-0.4, -0.2) is 15.2 Å². The van der Waals surface area contributed by atoms with Crippen LogP contribution in [0.4, 0.5) is 11.5 Å². The summed E-state index contributed by atoms with van der Waals surface area (Å²) in [6.45, 7) is 4.29. The van der Waals surface area contributed by atoms with Crippen molar-refractivity contribution in [3.8, 4) is 0 Å². The number of hydrogen-bond acceptors (Lipinski definition) is 4. The highest BCUT2D eigenvalue weighted by Gasteiger charge is 2.06. The molecular formula is C12H13ClN4. The maximum atomic E-state index is 5.69. The number of nitrogens with one attached hydrogen (secondary N) is 1. The molecule has 1 aromatic heterocycles. The van der Waals surface area contributed by atoms with E-state index in [-0.39, 0.29) is 5.28 Å². The van der Waals surface area contributed by atoms with Crippen molar-refractivity contribution in [3.63, 3.8) is 0 Å². The molecule has 0 saturated carbocycles. The van der Waals surface area contributed by atoms with Crippen LogP contribution in [0.5, 0.6) is 0 Å². The van der Waals surface area contributed by atoms with Crippen LogP contribution in [0.2, 0.25) is 5.28 Å². The number of benzene rings is 1. The molecule has 1 N–H and O–H groups in total. The normalized spacial score (nSPS) is 10.6. The monoisotopic (exact) mass is 248 g/mol. The average Bonchev–Trinajstić information content (AvgIpc) is 2.29. The Morgan fingerprint density at radius 1 is 1.24 bits per heavy atom. The van der Waals surface area contributed by atoms with Crippen molar-refractivity contribution in [2.75, 3.05) is 5.32 Å². The average molecular weight is 249 g/mol. The summed E-state index contributed by atoms with van der Waals surface area (Å²) in [7, 11) is 0. The highest BCUT2D eigenvalue weighted by atomic mass is 35.5. The minimum absolute atomic E-state index is 0.136. The SMILES string of the molecule is CC(C)c1ccccc1Nc1cnnc(Cl)n1. The quantitative estimate of drug-likeness (QED) is 0.905. The summed E-state index contributed by atoms with van der Waals surface area (Å²) in [5, 5.41) is 10.7. The first-order chi connectivity index (χ1) is 8.16. The maximum absolute atomic E-state index is 5.69. The van der Waals surface area contributed by atoms with E-state index in [0.717, 1.165) is 5.69 Å². The topological polar surface area (TPSA) is 50.7 Å². The Balaban J connectivity index is 2.30. The molecule has 1 heterocycles. The first kappa shape index (κ1) is 11.8. The molecule has 0 aliphatic carbocycles. The molecule has 1 aromatic carbocycles.